The lowest BCUT2D eigenvalue weighted by Crippen LogP contribution is -2.30. The maximum absolute atomic E-state index is 12.0. The van der Waals surface area contributed by atoms with Crippen LogP contribution in [0.3, 0.4) is 0 Å². The fourth-order valence-corrected chi connectivity index (χ4v) is 2.99. The Bertz CT molecular complexity index is 634. The Kier molecular flexibility index (Phi) is 3.34. The van der Waals surface area contributed by atoms with E-state index in [4.69, 9.17) is 4.98 Å². The molecule has 1 N–H and O–H groups in total. The van der Waals surface area contributed by atoms with Crippen molar-refractivity contribution in [2.24, 2.45) is 0 Å². The third kappa shape index (κ3) is 2.03. The van der Waals surface area contributed by atoms with Crippen molar-refractivity contribution in [2.45, 2.75) is 32.2 Å². The molecule has 5 heteroatoms. The normalized spacial score (nSPS) is 18.7. The minimum atomic E-state index is 0.112. The quantitative estimate of drug-likeness (QED) is 0.933. The predicted molar refractivity (Wildman–Crippen MR) is 78.7 cm³/mol. The van der Waals surface area contributed by atoms with E-state index in [-0.39, 0.29) is 11.9 Å². The number of nitrogens with zero attached hydrogens (tertiary/aromatic N) is 3. The Morgan fingerprint density at radius 3 is 3.15 bits per heavy atom. The van der Waals surface area contributed by atoms with Gasteiger partial charge in [-0.05, 0) is 25.0 Å². The zero-order valence-corrected chi connectivity index (χ0v) is 12.0. The van der Waals surface area contributed by atoms with Crippen molar-refractivity contribution < 1.29 is 4.79 Å². The van der Waals surface area contributed by atoms with Gasteiger partial charge >= 0.3 is 0 Å². The number of amides is 1. The number of aromatic nitrogens is 2. The molecule has 2 aromatic rings. The Morgan fingerprint density at radius 2 is 2.40 bits per heavy atom. The van der Waals surface area contributed by atoms with E-state index >= 15 is 0 Å². The van der Waals surface area contributed by atoms with Crippen molar-refractivity contribution >= 4 is 17.2 Å². The summed E-state index contributed by atoms with van der Waals surface area (Å²) in [7, 11) is 1.88. The van der Waals surface area contributed by atoms with Gasteiger partial charge in [-0.3, -0.25) is 4.79 Å². The Labute approximate surface area is 118 Å². The van der Waals surface area contributed by atoms with E-state index in [1.54, 1.807) is 0 Å². The molecular weight excluding hydrogens is 252 g/mol. The molecule has 0 bridgehead atoms. The number of carbonyl (C=O) groups is 1. The number of hydrogen-bond acceptors (Lipinski definition) is 3. The van der Waals surface area contributed by atoms with Gasteiger partial charge in [0, 0.05) is 32.4 Å². The summed E-state index contributed by atoms with van der Waals surface area (Å²) in [6.45, 7) is 2.76. The molecule has 3 heterocycles. The predicted octanol–water partition coefficient (Wildman–Crippen LogP) is 2.45. The maximum Gasteiger partial charge on any atom is 0.222 e. The zero-order chi connectivity index (χ0) is 14.1. The molecule has 3 rings (SSSR count). The molecule has 20 heavy (non-hydrogen) atoms. The minimum Gasteiger partial charge on any atom is -0.371 e. The second kappa shape index (κ2) is 5.15. The highest BCUT2D eigenvalue weighted by Gasteiger charge is 2.30. The lowest BCUT2D eigenvalue weighted by molar-refractivity contribution is -0.131. The van der Waals surface area contributed by atoms with Crippen LogP contribution in [0.5, 0.6) is 0 Å². The van der Waals surface area contributed by atoms with Crippen LogP contribution in [0.4, 0.5) is 5.82 Å². The van der Waals surface area contributed by atoms with Gasteiger partial charge in [0.15, 0.2) is 0 Å². The first-order valence-corrected chi connectivity index (χ1v) is 7.19. The second-order valence-electron chi connectivity index (χ2n) is 5.16. The van der Waals surface area contributed by atoms with Gasteiger partial charge in [0.2, 0.25) is 5.91 Å². The van der Waals surface area contributed by atoms with Crippen LogP contribution in [-0.4, -0.2) is 33.8 Å². The molecule has 2 aromatic heterocycles. The van der Waals surface area contributed by atoms with Crippen molar-refractivity contribution in [3.63, 3.8) is 0 Å². The number of carbonyl (C=O) groups excluding carboxylic acids is 1. The summed E-state index contributed by atoms with van der Waals surface area (Å²) >= 11 is 0. The summed E-state index contributed by atoms with van der Waals surface area (Å²) in [5.74, 6) is 1.08. The first-order valence-electron chi connectivity index (χ1n) is 7.19. The topological polar surface area (TPSA) is 49.6 Å². The van der Waals surface area contributed by atoms with E-state index in [0.717, 1.165) is 36.4 Å². The molecule has 0 radical (unpaired) electrons. The number of fused-ring (bicyclic) bond motifs is 1. The van der Waals surface area contributed by atoms with E-state index in [1.807, 2.05) is 43.4 Å². The molecule has 106 valence electrons. The van der Waals surface area contributed by atoms with Crippen molar-refractivity contribution in [3.8, 4) is 0 Å². The summed E-state index contributed by atoms with van der Waals surface area (Å²) in [5.41, 5.74) is 2.03. The van der Waals surface area contributed by atoms with Crippen molar-refractivity contribution in [3.05, 3.63) is 30.2 Å². The number of anilines is 1. The van der Waals surface area contributed by atoms with Crippen LogP contribution in [-0.2, 0) is 4.79 Å². The van der Waals surface area contributed by atoms with Crippen LogP contribution in [0.15, 0.2) is 24.5 Å². The molecule has 0 spiro atoms. The van der Waals surface area contributed by atoms with Crippen molar-refractivity contribution in [1.29, 1.82) is 0 Å². The van der Waals surface area contributed by atoms with E-state index in [2.05, 4.69) is 9.72 Å². The highest BCUT2D eigenvalue weighted by molar-refractivity contribution is 5.76. The van der Waals surface area contributed by atoms with Gasteiger partial charge < -0.3 is 14.6 Å². The van der Waals surface area contributed by atoms with E-state index < -0.39 is 0 Å². The molecule has 1 atom stereocenters. The van der Waals surface area contributed by atoms with Crippen LogP contribution >= 0.6 is 0 Å². The standard InChI is InChI=1S/C15H20N4O/c1-3-14(20)19-9-5-6-12(19)11-10-18-8-4-7-13(18)15(16-2)17-11/h4,7-8,10,12H,3,5-6,9H2,1-2H3,(H,16,17)/t12-/m1/s1. The van der Waals surface area contributed by atoms with Crippen LogP contribution in [0.2, 0.25) is 0 Å². The summed E-state index contributed by atoms with van der Waals surface area (Å²) < 4.78 is 2.07. The number of rotatable bonds is 3. The lowest BCUT2D eigenvalue weighted by Gasteiger charge is -2.24. The first-order chi connectivity index (χ1) is 9.74. The fraction of sp³-hybridized carbons (Fsp3) is 0.467. The van der Waals surface area contributed by atoms with Crippen LogP contribution < -0.4 is 5.32 Å². The summed E-state index contributed by atoms with van der Waals surface area (Å²) in [5, 5.41) is 3.14. The molecule has 0 saturated carbocycles. The fourth-order valence-electron chi connectivity index (χ4n) is 2.99. The number of nitrogens with one attached hydrogen (secondary N) is 1. The Balaban J connectivity index is 2.02. The third-order valence-corrected chi connectivity index (χ3v) is 3.99. The molecule has 1 saturated heterocycles. The molecule has 0 unspecified atom stereocenters. The monoisotopic (exact) mass is 272 g/mol. The van der Waals surface area contributed by atoms with Crippen LogP contribution in [0.1, 0.15) is 37.9 Å². The highest BCUT2D eigenvalue weighted by atomic mass is 16.2. The maximum atomic E-state index is 12.0. The minimum absolute atomic E-state index is 0.112. The molecule has 1 fully saturated rings. The molecular formula is C15H20N4O. The van der Waals surface area contributed by atoms with Crippen LogP contribution in [0.25, 0.3) is 5.52 Å². The lowest BCUT2D eigenvalue weighted by atomic mass is 10.1. The van der Waals surface area contributed by atoms with E-state index in [9.17, 15) is 4.79 Å². The molecule has 0 aliphatic carbocycles. The van der Waals surface area contributed by atoms with Crippen molar-refractivity contribution in [1.82, 2.24) is 14.3 Å². The van der Waals surface area contributed by atoms with Gasteiger partial charge in [0.1, 0.15) is 5.82 Å². The molecule has 1 amide bonds. The molecule has 0 aromatic carbocycles. The largest absolute Gasteiger partial charge is 0.371 e. The van der Waals surface area contributed by atoms with Crippen LogP contribution in [0, 0.1) is 0 Å². The van der Waals surface area contributed by atoms with Gasteiger partial charge in [0.25, 0.3) is 0 Å². The average molecular weight is 272 g/mol. The molecule has 1 aliphatic rings. The van der Waals surface area contributed by atoms with Gasteiger partial charge in [-0.1, -0.05) is 6.92 Å². The molecule has 1 aliphatic heterocycles. The van der Waals surface area contributed by atoms with E-state index in [1.165, 1.54) is 0 Å². The Morgan fingerprint density at radius 1 is 1.55 bits per heavy atom. The number of hydrogen-bond donors (Lipinski definition) is 1. The van der Waals surface area contributed by atoms with Gasteiger partial charge in [-0.25, -0.2) is 4.98 Å². The van der Waals surface area contributed by atoms with E-state index in [0.29, 0.717) is 6.42 Å². The summed E-state index contributed by atoms with van der Waals surface area (Å²) in [6, 6.07) is 4.15. The Hall–Kier alpha value is -2.04. The molecule has 5 nitrogen and oxygen atoms in total. The van der Waals surface area contributed by atoms with Crippen molar-refractivity contribution in [2.75, 3.05) is 18.9 Å². The third-order valence-electron chi connectivity index (χ3n) is 3.99. The average Bonchev–Trinajstić information content (AvgIpc) is 3.13. The second-order valence-corrected chi connectivity index (χ2v) is 5.16. The smallest absolute Gasteiger partial charge is 0.222 e. The van der Waals surface area contributed by atoms with Gasteiger partial charge in [0.05, 0.1) is 17.3 Å². The SMILES string of the molecule is CCC(=O)N1CCC[C@@H]1c1cn2cccc2c(NC)n1. The van der Waals surface area contributed by atoms with Gasteiger partial charge in [-0.2, -0.15) is 0 Å². The zero-order valence-electron chi connectivity index (χ0n) is 12.0. The number of likely N-dealkylation sites (tertiary alicyclic amines) is 1. The summed E-state index contributed by atoms with van der Waals surface area (Å²) in [6.07, 6.45) is 6.66. The summed E-state index contributed by atoms with van der Waals surface area (Å²) in [4.78, 5) is 18.7. The highest BCUT2D eigenvalue weighted by Crippen LogP contribution is 2.32. The van der Waals surface area contributed by atoms with Gasteiger partial charge in [-0.15, -0.1) is 0 Å². The first kappa shape index (κ1) is 13.0.